The number of nitrogens with zero attached hydrogens (tertiary/aromatic N) is 4. The number of hydrogen-bond donors (Lipinski definition) is 0. The van der Waals surface area contributed by atoms with Gasteiger partial charge in [-0.25, -0.2) is 0 Å². The lowest BCUT2D eigenvalue weighted by atomic mass is 9.88. The topological polar surface area (TPSA) is 50.5 Å². The number of hydrogen-bond acceptors (Lipinski definition) is 4. The predicted molar refractivity (Wildman–Crippen MR) is 181 cm³/mol. The molecule has 1 aliphatic rings. The monoisotopic (exact) mass is 584 g/mol. The fourth-order valence-corrected chi connectivity index (χ4v) is 7.44. The fourth-order valence-electron chi connectivity index (χ4n) is 7.44. The molecule has 0 N–H and O–H groups in total. The van der Waals surface area contributed by atoms with Gasteiger partial charge in [0.05, 0.1) is 11.1 Å². The smallest absolute Gasteiger partial charge is 0.182 e. The number of piperazine rings is 1. The van der Waals surface area contributed by atoms with Crippen LogP contribution in [0.2, 0.25) is 0 Å². The van der Waals surface area contributed by atoms with Crippen molar-refractivity contribution >= 4 is 55.2 Å². The van der Waals surface area contributed by atoms with Crippen molar-refractivity contribution in [3.8, 4) is 0 Å². The first-order chi connectivity index (χ1) is 21.0. The van der Waals surface area contributed by atoms with E-state index < -0.39 is 11.1 Å². The minimum absolute atomic E-state index is 0.125. The van der Waals surface area contributed by atoms with E-state index in [0.29, 0.717) is 26.2 Å². The first-order valence-corrected chi connectivity index (χ1v) is 15.5. The van der Waals surface area contributed by atoms with E-state index in [1.54, 1.807) is 0 Å². The first-order valence-electron chi connectivity index (χ1n) is 15.5. The third-order valence-electron chi connectivity index (χ3n) is 10.3. The molecule has 6 heteroatoms. The number of benzene rings is 4. The maximum Gasteiger partial charge on any atom is 0.182 e. The standard InChI is InChI=1S/C38H40N4O2/c1-37(2,35(43)25-15-17-33-29(23-25)27-11-7-9-13-31(27)39(33)5)41-19-21-42(22-20-41)38(3,4)36(44)26-16-18-34-30(24-26)28-12-8-10-14-32(28)40(34)6/h7-18,23-24H,19-22H2,1-6H3. The van der Waals surface area contributed by atoms with Crippen molar-refractivity contribution in [3.05, 3.63) is 96.1 Å². The van der Waals surface area contributed by atoms with Crippen LogP contribution in [0.4, 0.5) is 0 Å². The van der Waals surface area contributed by atoms with Crippen LogP contribution in [-0.4, -0.2) is 67.8 Å². The van der Waals surface area contributed by atoms with E-state index in [1.807, 2.05) is 52.0 Å². The molecule has 0 amide bonds. The van der Waals surface area contributed by atoms with Gasteiger partial charge in [0.15, 0.2) is 11.6 Å². The van der Waals surface area contributed by atoms with Gasteiger partial charge in [-0.3, -0.25) is 19.4 Å². The molecule has 44 heavy (non-hydrogen) atoms. The lowest BCUT2D eigenvalue weighted by Crippen LogP contribution is -2.62. The van der Waals surface area contributed by atoms with Crippen LogP contribution in [0.3, 0.4) is 0 Å². The lowest BCUT2D eigenvalue weighted by molar-refractivity contribution is 0.0133. The van der Waals surface area contributed by atoms with Crippen molar-refractivity contribution in [3.63, 3.8) is 0 Å². The van der Waals surface area contributed by atoms with Crippen molar-refractivity contribution in [2.45, 2.75) is 38.8 Å². The summed E-state index contributed by atoms with van der Waals surface area (Å²) in [7, 11) is 4.15. The Kier molecular flexibility index (Phi) is 6.57. The van der Waals surface area contributed by atoms with Gasteiger partial charge in [-0.1, -0.05) is 36.4 Å². The molecule has 6 aromatic rings. The summed E-state index contributed by atoms with van der Waals surface area (Å²) >= 11 is 0. The molecule has 7 rings (SSSR count). The van der Waals surface area contributed by atoms with Crippen LogP contribution < -0.4 is 0 Å². The van der Waals surface area contributed by atoms with E-state index in [-0.39, 0.29) is 11.6 Å². The van der Waals surface area contributed by atoms with E-state index in [2.05, 4.69) is 93.7 Å². The number of fused-ring (bicyclic) bond motifs is 6. The molecule has 0 aliphatic carbocycles. The Morgan fingerprint density at radius 2 is 0.841 bits per heavy atom. The maximum atomic E-state index is 14.0. The molecule has 0 saturated carbocycles. The van der Waals surface area contributed by atoms with Crippen molar-refractivity contribution in [2.24, 2.45) is 14.1 Å². The first kappa shape index (κ1) is 28.5. The zero-order valence-corrected chi connectivity index (χ0v) is 26.5. The number of ketones is 2. The Labute approximate surface area is 258 Å². The summed E-state index contributed by atoms with van der Waals surface area (Å²) in [6.07, 6.45) is 0. The van der Waals surface area contributed by atoms with Crippen LogP contribution in [0.5, 0.6) is 0 Å². The van der Waals surface area contributed by atoms with Gasteiger partial charge in [0.25, 0.3) is 0 Å². The number of carbonyl (C=O) groups excluding carboxylic acids is 2. The zero-order chi connectivity index (χ0) is 31.0. The van der Waals surface area contributed by atoms with Crippen LogP contribution in [0, 0.1) is 0 Å². The molecule has 0 spiro atoms. The molecule has 2 aromatic heterocycles. The Hall–Kier alpha value is -4.26. The van der Waals surface area contributed by atoms with Gasteiger partial charge in [-0.05, 0) is 76.2 Å². The van der Waals surface area contributed by atoms with Gasteiger partial charge in [-0.15, -0.1) is 0 Å². The quantitative estimate of drug-likeness (QED) is 0.194. The number of Topliss-reactive ketones (excluding diaryl/α,β-unsaturated/α-hetero) is 2. The summed E-state index contributed by atoms with van der Waals surface area (Å²) in [6, 6.07) is 28.9. The summed E-state index contributed by atoms with van der Waals surface area (Å²) in [5.74, 6) is 0.249. The highest BCUT2D eigenvalue weighted by atomic mass is 16.1. The molecular weight excluding hydrogens is 544 g/mol. The molecule has 0 bridgehead atoms. The summed E-state index contributed by atoms with van der Waals surface area (Å²) in [5.41, 5.74) is 4.71. The molecule has 1 aliphatic heterocycles. The molecule has 1 saturated heterocycles. The van der Waals surface area contributed by atoms with Crippen LogP contribution in [0.25, 0.3) is 43.6 Å². The van der Waals surface area contributed by atoms with Crippen molar-refractivity contribution in [1.29, 1.82) is 0 Å². The van der Waals surface area contributed by atoms with Crippen LogP contribution >= 0.6 is 0 Å². The number of aryl methyl sites for hydroxylation is 2. The molecule has 1 fully saturated rings. The Morgan fingerprint density at radius 1 is 0.500 bits per heavy atom. The largest absolute Gasteiger partial charge is 0.344 e. The normalized spacial score (nSPS) is 15.6. The molecule has 0 atom stereocenters. The number of carbonyl (C=O) groups is 2. The average molecular weight is 585 g/mol. The van der Waals surface area contributed by atoms with Gasteiger partial charge in [0.2, 0.25) is 0 Å². The van der Waals surface area contributed by atoms with Gasteiger partial charge in [0.1, 0.15) is 0 Å². The number of para-hydroxylation sites is 2. The Bertz CT molecular complexity index is 1950. The molecular formula is C38H40N4O2. The van der Waals surface area contributed by atoms with Crippen LogP contribution in [-0.2, 0) is 14.1 Å². The highest BCUT2D eigenvalue weighted by molar-refractivity contribution is 6.13. The van der Waals surface area contributed by atoms with E-state index in [1.165, 1.54) is 0 Å². The van der Waals surface area contributed by atoms with E-state index >= 15 is 0 Å². The highest BCUT2D eigenvalue weighted by Crippen LogP contribution is 2.33. The van der Waals surface area contributed by atoms with Crippen molar-refractivity contribution in [1.82, 2.24) is 18.9 Å². The van der Waals surface area contributed by atoms with E-state index in [4.69, 9.17) is 0 Å². The van der Waals surface area contributed by atoms with Crippen molar-refractivity contribution < 1.29 is 9.59 Å². The fraction of sp³-hybridized carbons (Fsp3) is 0.316. The predicted octanol–water partition coefficient (Wildman–Crippen LogP) is 7.22. The van der Waals surface area contributed by atoms with Crippen LogP contribution in [0.15, 0.2) is 84.9 Å². The third kappa shape index (κ3) is 4.23. The Morgan fingerprint density at radius 3 is 1.23 bits per heavy atom. The summed E-state index contributed by atoms with van der Waals surface area (Å²) < 4.78 is 4.37. The maximum absolute atomic E-state index is 14.0. The Balaban J connectivity index is 1.09. The van der Waals surface area contributed by atoms with Crippen molar-refractivity contribution in [2.75, 3.05) is 26.2 Å². The van der Waals surface area contributed by atoms with Gasteiger partial charge >= 0.3 is 0 Å². The average Bonchev–Trinajstić information content (AvgIpc) is 3.50. The second-order valence-corrected chi connectivity index (χ2v) is 13.4. The van der Waals surface area contributed by atoms with E-state index in [9.17, 15) is 9.59 Å². The molecule has 0 unspecified atom stereocenters. The highest BCUT2D eigenvalue weighted by Gasteiger charge is 2.42. The van der Waals surface area contributed by atoms with Gasteiger partial charge in [-0.2, -0.15) is 0 Å². The van der Waals surface area contributed by atoms with Crippen LogP contribution in [0.1, 0.15) is 48.4 Å². The third-order valence-corrected chi connectivity index (χ3v) is 10.3. The second-order valence-electron chi connectivity index (χ2n) is 13.4. The molecule has 6 nitrogen and oxygen atoms in total. The summed E-state index contributed by atoms with van der Waals surface area (Å²) in [5, 5.41) is 4.54. The summed E-state index contributed by atoms with van der Waals surface area (Å²) in [6.45, 7) is 11.0. The zero-order valence-electron chi connectivity index (χ0n) is 26.5. The molecule has 3 heterocycles. The van der Waals surface area contributed by atoms with E-state index in [0.717, 1.165) is 54.7 Å². The molecule has 0 radical (unpaired) electrons. The lowest BCUT2D eigenvalue weighted by Gasteiger charge is -2.47. The number of aromatic nitrogens is 2. The minimum Gasteiger partial charge on any atom is -0.344 e. The van der Waals surface area contributed by atoms with Gasteiger partial charge in [0, 0.05) is 95.0 Å². The molecule has 224 valence electrons. The minimum atomic E-state index is -0.669. The second kappa shape index (κ2) is 10.1. The van der Waals surface area contributed by atoms with Gasteiger partial charge < -0.3 is 9.13 Å². The molecule has 4 aromatic carbocycles. The summed E-state index contributed by atoms with van der Waals surface area (Å²) in [4.78, 5) is 32.6. The number of rotatable bonds is 6. The SMILES string of the molecule is Cn1c2ccccc2c2cc(C(=O)C(C)(C)N3CCN(C(C)(C)C(=O)c4ccc5c(c4)c4ccccc4n5C)CC3)ccc21.